The third kappa shape index (κ3) is 1.92. The van der Waals surface area contributed by atoms with E-state index >= 15 is 0 Å². The van der Waals surface area contributed by atoms with Crippen molar-refractivity contribution in [1.29, 1.82) is 0 Å². The predicted molar refractivity (Wildman–Crippen MR) is 67.5 cm³/mol. The van der Waals surface area contributed by atoms with Crippen LogP contribution < -0.4 is 22.5 Å². The number of rotatable bonds is 3. The second-order valence-electron chi connectivity index (χ2n) is 4.08. The van der Waals surface area contributed by atoms with Gasteiger partial charge in [0.1, 0.15) is 9.88 Å². The molecular formula is C10H16N4OS. The second kappa shape index (κ2) is 4.21. The third-order valence-corrected chi connectivity index (χ3v) is 4.06. The van der Waals surface area contributed by atoms with E-state index in [1.54, 1.807) is 0 Å². The van der Waals surface area contributed by atoms with Crippen LogP contribution in [0.25, 0.3) is 0 Å². The van der Waals surface area contributed by atoms with E-state index < -0.39 is 5.91 Å². The first-order valence-electron chi connectivity index (χ1n) is 5.33. The molecule has 0 bridgehead atoms. The highest BCUT2D eigenvalue weighted by Crippen LogP contribution is 2.39. The van der Waals surface area contributed by atoms with Crippen LogP contribution in [0.2, 0.25) is 0 Å². The van der Waals surface area contributed by atoms with E-state index in [1.807, 2.05) is 0 Å². The molecule has 0 atom stereocenters. The highest BCUT2D eigenvalue weighted by atomic mass is 32.1. The molecule has 1 aliphatic carbocycles. The third-order valence-electron chi connectivity index (χ3n) is 2.90. The van der Waals surface area contributed by atoms with Crippen LogP contribution in [0, 0.1) is 0 Å². The Labute approximate surface area is 98.0 Å². The number of nitrogens with one attached hydrogen (secondary N) is 1. The standard InChI is InChI=1S/C10H16N4OS/c11-6-7(12)10(16-8(6)9(13)15)14-5-3-1-2-4-5/h5,14H,1-4,11-12H2,(H2,13,15). The first-order valence-corrected chi connectivity index (χ1v) is 6.15. The molecule has 5 nitrogen and oxygen atoms in total. The summed E-state index contributed by atoms with van der Waals surface area (Å²) >= 11 is 1.25. The van der Waals surface area contributed by atoms with Gasteiger partial charge >= 0.3 is 0 Å². The fourth-order valence-electron chi connectivity index (χ4n) is 2.00. The summed E-state index contributed by atoms with van der Waals surface area (Å²) in [4.78, 5) is 11.4. The first kappa shape index (κ1) is 11.1. The molecule has 7 N–H and O–H groups in total. The van der Waals surface area contributed by atoms with Crippen LogP contribution in [-0.4, -0.2) is 11.9 Å². The fraction of sp³-hybridized carbons (Fsp3) is 0.500. The molecular weight excluding hydrogens is 224 g/mol. The van der Waals surface area contributed by atoms with Crippen LogP contribution in [0.15, 0.2) is 0 Å². The van der Waals surface area contributed by atoms with Crippen LogP contribution in [0.5, 0.6) is 0 Å². The van der Waals surface area contributed by atoms with Crippen LogP contribution in [0.1, 0.15) is 35.4 Å². The molecule has 88 valence electrons. The van der Waals surface area contributed by atoms with Gasteiger partial charge in [0, 0.05) is 6.04 Å². The zero-order chi connectivity index (χ0) is 11.7. The molecule has 2 rings (SSSR count). The summed E-state index contributed by atoms with van der Waals surface area (Å²) in [6, 6.07) is 0.445. The van der Waals surface area contributed by atoms with Crippen LogP contribution in [0.3, 0.4) is 0 Å². The lowest BCUT2D eigenvalue weighted by molar-refractivity contribution is 0.100. The number of anilines is 3. The van der Waals surface area contributed by atoms with Crippen molar-refractivity contribution < 1.29 is 4.79 Å². The lowest BCUT2D eigenvalue weighted by Crippen LogP contribution is -2.14. The number of amides is 1. The molecule has 0 radical (unpaired) electrons. The zero-order valence-electron chi connectivity index (χ0n) is 8.95. The van der Waals surface area contributed by atoms with Gasteiger partial charge in [0.05, 0.1) is 11.4 Å². The number of nitrogens with two attached hydrogens (primary N) is 3. The zero-order valence-corrected chi connectivity index (χ0v) is 9.77. The molecule has 0 aliphatic heterocycles. The Bertz CT molecular complexity index is 409. The molecule has 16 heavy (non-hydrogen) atoms. The minimum atomic E-state index is -0.520. The van der Waals surface area contributed by atoms with E-state index in [4.69, 9.17) is 17.2 Å². The Hall–Kier alpha value is -1.43. The van der Waals surface area contributed by atoms with Gasteiger partial charge in [0.15, 0.2) is 0 Å². The average Bonchev–Trinajstić information content (AvgIpc) is 2.82. The van der Waals surface area contributed by atoms with Gasteiger partial charge in [-0.2, -0.15) is 0 Å². The van der Waals surface area contributed by atoms with Crippen molar-refractivity contribution in [1.82, 2.24) is 0 Å². The summed E-state index contributed by atoms with van der Waals surface area (Å²) in [5.41, 5.74) is 17.5. The quantitative estimate of drug-likeness (QED) is 0.640. The molecule has 0 spiro atoms. The van der Waals surface area contributed by atoms with Crippen molar-refractivity contribution in [3.05, 3.63) is 4.88 Å². The van der Waals surface area contributed by atoms with Crippen LogP contribution in [-0.2, 0) is 0 Å². The Morgan fingerprint density at radius 2 is 1.88 bits per heavy atom. The number of carbonyl (C=O) groups excluding carboxylic acids is 1. The van der Waals surface area contributed by atoms with Gasteiger partial charge in [-0.05, 0) is 12.8 Å². The number of hydrogen-bond donors (Lipinski definition) is 4. The van der Waals surface area contributed by atoms with Crippen molar-refractivity contribution in [2.45, 2.75) is 31.7 Å². The van der Waals surface area contributed by atoms with Crippen molar-refractivity contribution in [2.75, 3.05) is 16.8 Å². The summed E-state index contributed by atoms with van der Waals surface area (Å²) in [7, 11) is 0. The summed E-state index contributed by atoms with van der Waals surface area (Å²) in [5.74, 6) is -0.520. The monoisotopic (exact) mass is 240 g/mol. The largest absolute Gasteiger partial charge is 0.396 e. The minimum Gasteiger partial charge on any atom is -0.396 e. The van der Waals surface area contributed by atoms with E-state index in [0.29, 0.717) is 22.3 Å². The molecule has 1 aliphatic rings. The molecule has 1 aromatic rings. The normalized spacial score (nSPS) is 16.5. The maximum Gasteiger partial charge on any atom is 0.261 e. The van der Waals surface area contributed by atoms with Gasteiger partial charge in [0.25, 0.3) is 5.91 Å². The Morgan fingerprint density at radius 3 is 2.38 bits per heavy atom. The number of carbonyl (C=O) groups is 1. The summed E-state index contributed by atoms with van der Waals surface area (Å²) in [5, 5.41) is 4.11. The molecule has 0 aromatic carbocycles. The topological polar surface area (TPSA) is 107 Å². The van der Waals surface area contributed by atoms with E-state index in [1.165, 1.54) is 24.2 Å². The van der Waals surface area contributed by atoms with Crippen molar-refractivity contribution >= 4 is 33.6 Å². The molecule has 0 unspecified atom stereocenters. The fourth-order valence-corrected chi connectivity index (χ4v) is 2.97. The van der Waals surface area contributed by atoms with Gasteiger partial charge in [-0.1, -0.05) is 12.8 Å². The number of thiophene rings is 1. The van der Waals surface area contributed by atoms with Gasteiger partial charge in [-0.25, -0.2) is 0 Å². The van der Waals surface area contributed by atoms with Crippen LogP contribution >= 0.6 is 11.3 Å². The SMILES string of the molecule is NC(=O)c1sc(NC2CCCC2)c(N)c1N. The van der Waals surface area contributed by atoms with E-state index in [-0.39, 0.29) is 0 Å². The van der Waals surface area contributed by atoms with Gasteiger partial charge in [-0.15, -0.1) is 11.3 Å². The molecule has 1 amide bonds. The smallest absolute Gasteiger partial charge is 0.261 e. The summed E-state index contributed by atoms with van der Waals surface area (Å²) < 4.78 is 0. The Kier molecular flexibility index (Phi) is 2.91. The lowest BCUT2D eigenvalue weighted by atomic mass is 10.2. The van der Waals surface area contributed by atoms with Crippen molar-refractivity contribution in [3.63, 3.8) is 0 Å². The van der Waals surface area contributed by atoms with Crippen molar-refractivity contribution in [3.8, 4) is 0 Å². The van der Waals surface area contributed by atoms with Crippen molar-refractivity contribution in [2.24, 2.45) is 5.73 Å². The second-order valence-corrected chi connectivity index (χ2v) is 5.10. The molecule has 1 heterocycles. The Balaban J connectivity index is 2.20. The maximum atomic E-state index is 11.1. The Morgan fingerprint density at radius 1 is 1.25 bits per heavy atom. The molecule has 1 aromatic heterocycles. The van der Waals surface area contributed by atoms with E-state index in [0.717, 1.165) is 17.8 Å². The molecule has 1 fully saturated rings. The molecule has 6 heteroatoms. The number of nitrogen functional groups attached to an aromatic ring is 2. The molecule has 1 saturated carbocycles. The molecule has 0 saturated heterocycles. The lowest BCUT2D eigenvalue weighted by Gasteiger charge is -2.11. The van der Waals surface area contributed by atoms with Gasteiger partial charge in [0.2, 0.25) is 0 Å². The first-order chi connectivity index (χ1) is 7.59. The summed E-state index contributed by atoms with van der Waals surface area (Å²) in [6.07, 6.45) is 4.76. The van der Waals surface area contributed by atoms with E-state index in [9.17, 15) is 4.79 Å². The minimum absolute atomic E-state index is 0.304. The van der Waals surface area contributed by atoms with Gasteiger partial charge in [-0.3, -0.25) is 4.79 Å². The highest BCUT2D eigenvalue weighted by molar-refractivity contribution is 7.19. The number of hydrogen-bond acceptors (Lipinski definition) is 5. The predicted octanol–water partition coefficient (Wildman–Crippen LogP) is 1.37. The number of primary amides is 1. The highest BCUT2D eigenvalue weighted by Gasteiger charge is 2.21. The maximum absolute atomic E-state index is 11.1. The van der Waals surface area contributed by atoms with Crippen LogP contribution in [0.4, 0.5) is 16.4 Å². The van der Waals surface area contributed by atoms with E-state index in [2.05, 4.69) is 5.32 Å². The average molecular weight is 240 g/mol. The van der Waals surface area contributed by atoms with Gasteiger partial charge < -0.3 is 22.5 Å². The summed E-state index contributed by atoms with van der Waals surface area (Å²) in [6.45, 7) is 0.